The van der Waals surface area contributed by atoms with Crippen LogP contribution in [0.5, 0.6) is 5.75 Å². The Balaban J connectivity index is 1.75. The van der Waals surface area contributed by atoms with Crippen molar-refractivity contribution in [3.8, 4) is 5.75 Å². The van der Waals surface area contributed by atoms with Crippen LogP contribution in [0.2, 0.25) is 0 Å². The third kappa shape index (κ3) is 4.58. The van der Waals surface area contributed by atoms with Crippen LogP contribution in [-0.4, -0.2) is 38.8 Å². The molecule has 0 radical (unpaired) electrons. The summed E-state index contributed by atoms with van der Waals surface area (Å²) in [5.41, 5.74) is 2.29. The van der Waals surface area contributed by atoms with Crippen LogP contribution in [0, 0.1) is 13.8 Å². The van der Waals surface area contributed by atoms with Gasteiger partial charge < -0.3 is 14.8 Å². The number of hydrogen-bond donors (Lipinski definition) is 1. The highest BCUT2D eigenvalue weighted by atomic mass is 32.2. The van der Waals surface area contributed by atoms with Gasteiger partial charge in [0.2, 0.25) is 0 Å². The fraction of sp³-hybridized carbons (Fsp3) is 0.391. The number of methoxy groups -OCH3 is 1. The third-order valence-corrected chi connectivity index (χ3v) is 8.25. The molecule has 1 amide bonds. The Labute approximate surface area is 182 Å². The molecule has 0 spiro atoms. The number of amides is 1. The fourth-order valence-corrected chi connectivity index (χ4v) is 5.93. The van der Waals surface area contributed by atoms with E-state index in [4.69, 9.17) is 9.47 Å². The second-order valence-electron chi connectivity index (χ2n) is 7.81. The number of esters is 1. The average molecular weight is 446 g/mol. The number of rotatable bonds is 7. The highest BCUT2D eigenvalue weighted by Gasteiger charge is 2.54. The lowest BCUT2D eigenvalue weighted by Gasteiger charge is -2.26. The van der Waals surface area contributed by atoms with Crippen molar-refractivity contribution in [1.82, 2.24) is 0 Å². The number of carbonyl (C=O) groups is 2. The topological polar surface area (TPSA) is 98.8 Å². The molecule has 1 aliphatic carbocycles. The van der Waals surface area contributed by atoms with Crippen LogP contribution >= 0.6 is 0 Å². The molecule has 2 aromatic rings. The van der Waals surface area contributed by atoms with E-state index < -0.39 is 33.1 Å². The number of anilines is 1. The molecule has 1 N–H and O–H groups in total. The first kappa shape index (κ1) is 22.8. The maximum atomic E-state index is 13.5. The van der Waals surface area contributed by atoms with Gasteiger partial charge in [-0.15, -0.1) is 0 Å². The number of aryl methyl sites for hydroxylation is 2. The van der Waals surface area contributed by atoms with E-state index in [0.29, 0.717) is 24.3 Å². The molecule has 0 bridgehead atoms. The smallest absolute Gasteiger partial charge is 0.328 e. The maximum absolute atomic E-state index is 13.5. The Bertz CT molecular complexity index is 1090. The summed E-state index contributed by atoms with van der Waals surface area (Å²) in [5.74, 6) is -0.860. The minimum absolute atomic E-state index is 0.107. The summed E-state index contributed by atoms with van der Waals surface area (Å²) in [4.78, 5) is 25.4. The van der Waals surface area contributed by atoms with E-state index in [-0.39, 0.29) is 17.7 Å². The standard InChI is InChI=1S/C23H27NO6S/c1-16-9-10-20(13-17(16)2)31(27,28)23(11-4-5-12-23)22(26)30-15-21(25)24-18-7-6-8-19(14-18)29-3/h6-10,13-14H,4-5,11-12,15H2,1-3H3,(H,24,25). The summed E-state index contributed by atoms with van der Waals surface area (Å²) >= 11 is 0. The molecule has 8 heteroatoms. The monoisotopic (exact) mass is 445 g/mol. The molecule has 3 rings (SSSR count). The van der Waals surface area contributed by atoms with Gasteiger partial charge in [0, 0.05) is 11.8 Å². The van der Waals surface area contributed by atoms with Crippen LogP contribution in [0.25, 0.3) is 0 Å². The quantitative estimate of drug-likeness (QED) is 0.654. The van der Waals surface area contributed by atoms with Gasteiger partial charge in [0.15, 0.2) is 21.2 Å². The van der Waals surface area contributed by atoms with Crippen LogP contribution < -0.4 is 10.1 Å². The van der Waals surface area contributed by atoms with Gasteiger partial charge in [-0.1, -0.05) is 25.0 Å². The van der Waals surface area contributed by atoms with Crippen LogP contribution in [0.1, 0.15) is 36.8 Å². The first-order valence-corrected chi connectivity index (χ1v) is 11.6. The van der Waals surface area contributed by atoms with Crippen LogP contribution in [0.4, 0.5) is 5.69 Å². The highest BCUT2D eigenvalue weighted by Crippen LogP contribution is 2.41. The fourth-order valence-electron chi connectivity index (χ4n) is 3.80. The molecule has 1 fully saturated rings. The summed E-state index contributed by atoms with van der Waals surface area (Å²) in [7, 11) is -2.46. The van der Waals surface area contributed by atoms with Crippen molar-refractivity contribution >= 4 is 27.4 Å². The zero-order chi connectivity index (χ0) is 22.6. The number of sulfone groups is 1. The second-order valence-corrected chi connectivity index (χ2v) is 10.1. The van der Waals surface area contributed by atoms with Gasteiger partial charge >= 0.3 is 5.97 Å². The predicted molar refractivity (Wildman–Crippen MR) is 117 cm³/mol. The minimum atomic E-state index is -3.98. The average Bonchev–Trinajstić information content (AvgIpc) is 3.26. The predicted octanol–water partition coefficient (Wildman–Crippen LogP) is 3.58. The zero-order valence-electron chi connectivity index (χ0n) is 17.9. The van der Waals surface area contributed by atoms with E-state index in [2.05, 4.69) is 5.32 Å². The largest absolute Gasteiger partial charge is 0.497 e. The van der Waals surface area contributed by atoms with Gasteiger partial charge in [-0.05, 0) is 62.1 Å². The van der Waals surface area contributed by atoms with Crippen molar-refractivity contribution in [3.05, 3.63) is 53.6 Å². The molecule has 1 aliphatic rings. The number of benzene rings is 2. The Hall–Kier alpha value is -2.87. The summed E-state index contributed by atoms with van der Waals surface area (Å²) < 4.78 is 35.6. The molecule has 0 aromatic heterocycles. The van der Waals surface area contributed by atoms with E-state index in [1.165, 1.54) is 13.2 Å². The SMILES string of the molecule is COc1cccc(NC(=O)COC(=O)C2(S(=O)(=O)c3ccc(C)c(C)c3)CCCC2)c1. The lowest BCUT2D eigenvalue weighted by molar-refractivity contribution is -0.149. The van der Waals surface area contributed by atoms with Gasteiger partial charge in [-0.3, -0.25) is 9.59 Å². The lowest BCUT2D eigenvalue weighted by atomic mass is 10.1. The van der Waals surface area contributed by atoms with Crippen molar-refractivity contribution in [1.29, 1.82) is 0 Å². The van der Waals surface area contributed by atoms with Crippen LogP contribution in [0.3, 0.4) is 0 Å². The van der Waals surface area contributed by atoms with Crippen molar-refractivity contribution < 1.29 is 27.5 Å². The van der Waals surface area contributed by atoms with Crippen LogP contribution in [-0.2, 0) is 24.2 Å². The first-order chi connectivity index (χ1) is 14.7. The maximum Gasteiger partial charge on any atom is 0.328 e. The Morgan fingerprint density at radius 1 is 1.03 bits per heavy atom. The molecule has 0 aliphatic heterocycles. The van der Waals surface area contributed by atoms with Crippen molar-refractivity contribution in [2.45, 2.75) is 49.2 Å². The third-order valence-electron chi connectivity index (χ3n) is 5.77. The minimum Gasteiger partial charge on any atom is -0.497 e. The second kappa shape index (κ2) is 9.09. The summed E-state index contributed by atoms with van der Waals surface area (Å²) in [6.07, 6.45) is 1.57. The molecule has 0 saturated heterocycles. The number of nitrogens with one attached hydrogen (secondary N) is 1. The first-order valence-electron chi connectivity index (χ1n) is 10.1. The molecular weight excluding hydrogens is 418 g/mol. The normalized spacial score (nSPS) is 15.3. The number of ether oxygens (including phenoxy) is 2. The van der Waals surface area contributed by atoms with Gasteiger partial charge in [0.05, 0.1) is 12.0 Å². The Morgan fingerprint density at radius 3 is 2.39 bits per heavy atom. The summed E-state index contributed by atoms with van der Waals surface area (Å²) in [6, 6.07) is 11.6. The lowest BCUT2D eigenvalue weighted by Crippen LogP contribution is -2.46. The summed E-state index contributed by atoms with van der Waals surface area (Å²) in [5, 5.41) is 2.61. The molecule has 31 heavy (non-hydrogen) atoms. The molecule has 0 atom stereocenters. The van der Waals surface area contributed by atoms with E-state index in [9.17, 15) is 18.0 Å². The Morgan fingerprint density at radius 2 is 1.74 bits per heavy atom. The molecule has 7 nitrogen and oxygen atoms in total. The van der Waals surface area contributed by atoms with Crippen LogP contribution in [0.15, 0.2) is 47.4 Å². The molecular formula is C23H27NO6S. The molecule has 0 heterocycles. The van der Waals surface area contributed by atoms with Gasteiger partial charge in [-0.2, -0.15) is 0 Å². The van der Waals surface area contributed by atoms with E-state index in [1.54, 1.807) is 36.4 Å². The zero-order valence-corrected chi connectivity index (χ0v) is 18.8. The van der Waals surface area contributed by atoms with Gasteiger partial charge in [0.1, 0.15) is 5.75 Å². The highest BCUT2D eigenvalue weighted by molar-refractivity contribution is 7.93. The summed E-state index contributed by atoms with van der Waals surface area (Å²) in [6.45, 7) is 3.16. The molecule has 2 aromatic carbocycles. The molecule has 166 valence electrons. The molecule has 0 unspecified atom stereocenters. The van der Waals surface area contributed by atoms with Gasteiger partial charge in [0.25, 0.3) is 5.91 Å². The van der Waals surface area contributed by atoms with Crippen molar-refractivity contribution in [2.24, 2.45) is 0 Å². The molecule has 1 saturated carbocycles. The van der Waals surface area contributed by atoms with E-state index >= 15 is 0 Å². The number of hydrogen-bond acceptors (Lipinski definition) is 6. The number of carbonyl (C=O) groups excluding carboxylic acids is 2. The van der Waals surface area contributed by atoms with E-state index in [0.717, 1.165) is 11.1 Å². The Kier molecular flexibility index (Phi) is 6.69. The van der Waals surface area contributed by atoms with Crippen molar-refractivity contribution in [2.75, 3.05) is 19.0 Å². The van der Waals surface area contributed by atoms with Gasteiger partial charge in [-0.25, -0.2) is 8.42 Å². The van der Waals surface area contributed by atoms with E-state index in [1.807, 2.05) is 13.8 Å². The van der Waals surface area contributed by atoms with Crippen molar-refractivity contribution in [3.63, 3.8) is 0 Å².